The number of rotatable bonds is 8. The minimum absolute atomic E-state index is 0.0395. The fourth-order valence-electron chi connectivity index (χ4n) is 5.84. The summed E-state index contributed by atoms with van der Waals surface area (Å²) in [6.45, 7) is 7.83. The van der Waals surface area contributed by atoms with Gasteiger partial charge < -0.3 is 14.0 Å². The molecule has 2 aromatic heterocycles. The smallest absolute Gasteiger partial charge is 0.338 e. The van der Waals surface area contributed by atoms with E-state index >= 15 is 0 Å². The summed E-state index contributed by atoms with van der Waals surface area (Å²) in [6.07, 6.45) is 1.55. The number of non-ortho nitro benzene ring substituents is 1. The average molecular weight is 637 g/mol. The minimum Gasteiger partial charge on any atom is -0.497 e. The normalized spacial score (nSPS) is 14.8. The lowest BCUT2D eigenvalue weighted by Gasteiger charge is -2.25. The van der Waals surface area contributed by atoms with Gasteiger partial charge in [-0.15, -0.1) is 0 Å². The lowest BCUT2D eigenvalue weighted by molar-refractivity contribution is -0.384. The Morgan fingerprint density at radius 2 is 1.76 bits per heavy atom. The van der Waals surface area contributed by atoms with Crippen molar-refractivity contribution in [3.8, 4) is 5.75 Å². The molecule has 234 valence electrons. The number of fused-ring (bicyclic) bond motifs is 2. The molecule has 5 aromatic rings. The van der Waals surface area contributed by atoms with E-state index in [0.717, 1.165) is 33.3 Å². The van der Waals surface area contributed by atoms with Crippen molar-refractivity contribution in [1.82, 2.24) is 9.13 Å². The summed E-state index contributed by atoms with van der Waals surface area (Å²) in [7, 11) is 1.58. The molecule has 0 bridgehead atoms. The van der Waals surface area contributed by atoms with Gasteiger partial charge in [-0.05, 0) is 63.1 Å². The molecule has 1 atom stereocenters. The van der Waals surface area contributed by atoms with Crippen LogP contribution in [0.25, 0.3) is 17.0 Å². The van der Waals surface area contributed by atoms with Crippen LogP contribution in [0.15, 0.2) is 93.9 Å². The van der Waals surface area contributed by atoms with Gasteiger partial charge in [-0.25, -0.2) is 9.79 Å². The van der Waals surface area contributed by atoms with E-state index in [2.05, 4.69) is 4.57 Å². The highest BCUT2D eigenvalue weighted by atomic mass is 32.1. The molecule has 0 amide bonds. The summed E-state index contributed by atoms with van der Waals surface area (Å²) in [6, 6.07) is 21.0. The molecule has 0 unspecified atom stereocenters. The topological polar surface area (TPSA) is 118 Å². The van der Waals surface area contributed by atoms with E-state index in [1.807, 2.05) is 49.4 Å². The van der Waals surface area contributed by atoms with E-state index in [0.29, 0.717) is 32.9 Å². The molecule has 6 rings (SSSR count). The Kier molecular flexibility index (Phi) is 8.18. The Morgan fingerprint density at radius 1 is 1.07 bits per heavy atom. The van der Waals surface area contributed by atoms with Crippen LogP contribution in [-0.2, 0) is 16.1 Å². The van der Waals surface area contributed by atoms with Gasteiger partial charge in [0.25, 0.3) is 11.2 Å². The maximum Gasteiger partial charge on any atom is 0.338 e. The van der Waals surface area contributed by atoms with Gasteiger partial charge in [-0.3, -0.25) is 19.5 Å². The summed E-state index contributed by atoms with van der Waals surface area (Å²) in [5.41, 5.74) is 5.03. The van der Waals surface area contributed by atoms with Crippen LogP contribution in [0.5, 0.6) is 5.75 Å². The third-order valence-corrected chi connectivity index (χ3v) is 9.04. The summed E-state index contributed by atoms with van der Waals surface area (Å²) in [5.74, 6) is 0.139. The van der Waals surface area contributed by atoms with Crippen LogP contribution in [0.1, 0.15) is 49.2 Å². The third-order valence-electron chi connectivity index (χ3n) is 8.06. The zero-order chi connectivity index (χ0) is 32.7. The van der Waals surface area contributed by atoms with Gasteiger partial charge in [0, 0.05) is 40.8 Å². The molecular formula is C35H32N4O6S. The van der Waals surface area contributed by atoms with E-state index in [-0.39, 0.29) is 17.4 Å². The summed E-state index contributed by atoms with van der Waals surface area (Å²) < 4.78 is 15.2. The van der Waals surface area contributed by atoms with Gasteiger partial charge in [0.15, 0.2) is 4.80 Å². The lowest BCUT2D eigenvalue weighted by Crippen LogP contribution is -2.40. The number of methoxy groups -OCH3 is 1. The standard InChI is InChI=1S/C35H32N4O6S/c1-20(2)45-34(41)31-21(3)36-35-38(32(31)24-12-16-26(44-5)17-13-24)33(40)30(46-35)18-28-22(4)37(29-9-7-6-8-27(28)29)19-23-10-14-25(15-11-23)39(42)43/h6-18,20,32H,19H2,1-5H3/b30-18-/t32-/m0/s1. The number of carbonyl (C=O) groups is 1. The summed E-state index contributed by atoms with van der Waals surface area (Å²) >= 11 is 1.27. The highest BCUT2D eigenvalue weighted by Crippen LogP contribution is 2.32. The van der Waals surface area contributed by atoms with Gasteiger partial charge in [-0.1, -0.05) is 53.8 Å². The second-order valence-corrected chi connectivity index (χ2v) is 12.3. The quantitative estimate of drug-likeness (QED) is 0.128. The third kappa shape index (κ3) is 5.54. The molecule has 46 heavy (non-hydrogen) atoms. The molecule has 11 heteroatoms. The number of hydrogen-bond acceptors (Lipinski definition) is 8. The number of allylic oxidation sites excluding steroid dienone is 1. The number of nitro benzene ring substituents is 1. The number of nitro groups is 1. The lowest BCUT2D eigenvalue weighted by atomic mass is 9.96. The molecule has 3 heterocycles. The fraction of sp³-hybridized carbons (Fsp3) is 0.229. The molecule has 3 aromatic carbocycles. The van der Waals surface area contributed by atoms with Gasteiger partial charge in [0.2, 0.25) is 0 Å². The van der Waals surface area contributed by atoms with Gasteiger partial charge >= 0.3 is 5.97 Å². The Balaban J connectivity index is 1.50. The van der Waals surface area contributed by atoms with E-state index in [1.165, 1.54) is 23.5 Å². The summed E-state index contributed by atoms with van der Waals surface area (Å²) in [5, 5.41) is 12.1. The molecule has 10 nitrogen and oxygen atoms in total. The van der Waals surface area contributed by atoms with E-state index in [1.54, 1.807) is 56.7 Å². The number of thiazole rings is 1. The van der Waals surface area contributed by atoms with Crippen molar-refractivity contribution in [2.24, 2.45) is 4.99 Å². The van der Waals surface area contributed by atoms with Crippen LogP contribution in [0.4, 0.5) is 5.69 Å². The van der Waals surface area contributed by atoms with Crippen LogP contribution < -0.4 is 19.6 Å². The molecule has 0 saturated heterocycles. The van der Waals surface area contributed by atoms with Crippen molar-refractivity contribution < 1.29 is 19.2 Å². The number of benzene rings is 3. The van der Waals surface area contributed by atoms with Gasteiger partial charge in [0.05, 0.1) is 40.0 Å². The molecular weight excluding hydrogens is 604 g/mol. The van der Waals surface area contributed by atoms with Crippen molar-refractivity contribution in [2.75, 3.05) is 7.11 Å². The van der Waals surface area contributed by atoms with Crippen molar-refractivity contribution in [2.45, 2.75) is 46.4 Å². The average Bonchev–Trinajstić information content (AvgIpc) is 3.48. The molecule has 1 aliphatic rings. The largest absolute Gasteiger partial charge is 0.497 e. The van der Waals surface area contributed by atoms with E-state index < -0.39 is 16.9 Å². The van der Waals surface area contributed by atoms with E-state index in [9.17, 15) is 19.7 Å². The number of ether oxygens (including phenoxy) is 2. The first-order chi connectivity index (χ1) is 22.1. The Morgan fingerprint density at radius 3 is 2.41 bits per heavy atom. The van der Waals surface area contributed by atoms with Crippen molar-refractivity contribution in [1.29, 1.82) is 0 Å². The summed E-state index contributed by atoms with van der Waals surface area (Å²) in [4.78, 5) is 43.6. The van der Waals surface area contributed by atoms with E-state index in [4.69, 9.17) is 14.5 Å². The Bertz CT molecular complexity index is 2210. The molecule has 0 radical (unpaired) electrons. The number of carbonyl (C=O) groups excluding carboxylic acids is 1. The predicted octanol–water partition coefficient (Wildman–Crippen LogP) is 5.42. The minimum atomic E-state index is -0.736. The van der Waals surface area contributed by atoms with Crippen molar-refractivity contribution in [3.05, 3.63) is 136 Å². The second kappa shape index (κ2) is 12.2. The molecule has 0 fully saturated rings. The van der Waals surface area contributed by atoms with Gasteiger partial charge in [0.1, 0.15) is 5.75 Å². The molecule has 0 saturated carbocycles. The van der Waals surface area contributed by atoms with Crippen molar-refractivity contribution in [3.63, 3.8) is 0 Å². The Labute approximate surface area is 268 Å². The number of hydrogen-bond donors (Lipinski definition) is 0. The highest BCUT2D eigenvalue weighted by molar-refractivity contribution is 7.07. The fourth-order valence-corrected chi connectivity index (χ4v) is 6.87. The highest BCUT2D eigenvalue weighted by Gasteiger charge is 2.34. The zero-order valence-electron chi connectivity index (χ0n) is 26.0. The SMILES string of the molecule is COc1ccc([C@H]2C(C(=O)OC(C)C)=C(C)N=c3s/c(=C\c4c(C)n(Cc5ccc([N+](=O)[O-])cc5)c5ccccc45)c(=O)n32)cc1. The predicted molar refractivity (Wildman–Crippen MR) is 177 cm³/mol. The first-order valence-electron chi connectivity index (χ1n) is 14.8. The molecule has 0 aliphatic carbocycles. The van der Waals surface area contributed by atoms with Crippen LogP contribution in [0.3, 0.4) is 0 Å². The Hall–Kier alpha value is -5.29. The first-order valence-corrected chi connectivity index (χ1v) is 15.6. The first kappa shape index (κ1) is 30.7. The van der Waals surface area contributed by atoms with Crippen molar-refractivity contribution >= 4 is 40.0 Å². The number of para-hydroxylation sites is 1. The maximum absolute atomic E-state index is 14.3. The number of esters is 1. The number of nitrogens with zero attached hydrogens (tertiary/aromatic N) is 4. The zero-order valence-corrected chi connectivity index (χ0v) is 26.8. The molecule has 0 spiro atoms. The molecule has 1 aliphatic heterocycles. The maximum atomic E-state index is 14.3. The number of aromatic nitrogens is 2. The van der Waals surface area contributed by atoms with Crippen LogP contribution in [0, 0.1) is 17.0 Å². The monoisotopic (exact) mass is 636 g/mol. The second-order valence-electron chi connectivity index (χ2n) is 11.3. The van der Waals surface area contributed by atoms with Gasteiger partial charge in [-0.2, -0.15) is 0 Å². The van der Waals surface area contributed by atoms with Crippen LogP contribution in [-0.4, -0.2) is 33.2 Å². The molecule has 0 N–H and O–H groups in total. The van der Waals surface area contributed by atoms with Crippen LogP contribution in [0.2, 0.25) is 0 Å². The van der Waals surface area contributed by atoms with Crippen LogP contribution >= 0.6 is 11.3 Å².